The molecule has 2 rings (SSSR count). The van der Waals surface area contributed by atoms with Gasteiger partial charge in [0.05, 0.1) is 25.0 Å². The van der Waals surface area contributed by atoms with Gasteiger partial charge in [0.2, 0.25) is 5.88 Å². The van der Waals surface area contributed by atoms with Crippen LogP contribution in [0.5, 0.6) is 5.88 Å². The lowest BCUT2D eigenvalue weighted by Gasteiger charge is -2.18. The van der Waals surface area contributed by atoms with Gasteiger partial charge in [0.25, 0.3) is 0 Å². The van der Waals surface area contributed by atoms with E-state index >= 15 is 0 Å². The molecule has 2 aromatic rings. The summed E-state index contributed by atoms with van der Waals surface area (Å²) in [5, 5.41) is 11.3. The number of hydrogen-bond acceptors (Lipinski definition) is 4. The fourth-order valence-corrected chi connectivity index (χ4v) is 2.84. The third-order valence-electron chi connectivity index (χ3n) is 4.29. The summed E-state index contributed by atoms with van der Waals surface area (Å²) in [6.07, 6.45) is 0.896. The van der Waals surface area contributed by atoms with E-state index in [2.05, 4.69) is 53.4 Å². The second kappa shape index (κ2) is 9.22. The van der Waals surface area contributed by atoms with Gasteiger partial charge in [0.1, 0.15) is 0 Å². The van der Waals surface area contributed by atoms with Crippen LogP contribution in [0.4, 0.5) is 0 Å². The summed E-state index contributed by atoms with van der Waals surface area (Å²) in [6, 6.07) is 5.93. The molecule has 2 heterocycles. The summed E-state index contributed by atoms with van der Waals surface area (Å²) < 4.78 is 7.10. The van der Waals surface area contributed by atoms with Gasteiger partial charge in [-0.15, -0.1) is 0 Å². The lowest BCUT2D eigenvalue weighted by molar-refractivity contribution is 0.396. The van der Waals surface area contributed by atoms with E-state index in [0.717, 1.165) is 30.3 Å². The van der Waals surface area contributed by atoms with Gasteiger partial charge in [0, 0.05) is 31.4 Å². The number of nitrogens with zero attached hydrogens (tertiary/aromatic N) is 4. The number of aryl methyl sites for hydroxylation is 2. The normalized spacial score (nSPS) is 12.8. The molecule has 0 radical (unpaired) electrons. The summed E-state index contributed by atoms with van der Waals surface area (Å²) in [5.41, 5.74) is 4.45. The number of pyridine rings is 1. The minimum Gasteiger partial charge on any atom is -0.481 e. The first-order valence-corrected chi connectivity index (χ1v) is 8.98. The topological polar surface area (TPSA) is 76.4 Å². The summed E-state index contributed by atoms with van der Waals surface area (Å²) >= 11 is 0. The molecular formula is C19H30N6O. The van der Waals surface area contributed by atoms with Crippen LogP contribution < -0.4 is 15.4 Å². The molecule has 7 nitrogen and oxygen atoms in total. The van der Waals surface area contributed by atoms with Gasteiger partial charge < -0.3 is 15.4 Å². The monoisotopic (exact) mass is 358 g/mol. The second-order valence-electron chi connectivity index (χ2n) is 6.39. The van der Waals surface area contributed by atoms with Crippen LogP contribution in [0.1, 0.15) is 36.5 Å². The summed E-state index contributed by atoms with van der Waals surface area (Å²) in [7, 11) is 3.60. The molecular weight excluding hydrogens is 328 g/mol. The Balaban J connectivity index is 2.03. The summed E-state index contributed by atoms with van der Waals surface area (Å²) in [6.45, 7) is 9.67. The van der Waals surface area contributed by atoms with Gasteiger partial charge in [-0.25, -0.2) is 9.98 Å². The molecule has 1 atom stereocenters. The molecule has 142 valence electrons. The van der Waals surface area contributed by atoms with E-state index in [1.807, 2.05) is 29.9 Å². The molecule has 2 aromatic heterocycles. The standard InChI is InChI=1S/C19H30N6O/c1-7-20-19(21-12-16-9-8-10-18(23-16)26-6)22-13(2)11-17-14(3)24-25(5)15(17)4/h8-10,13H,7,11-12H2,1-6H3,(H2,20,21,22). The number of hydrogen-bond donors (Lipinski definition) is 2. The first-order valence-electron chi connectivity index (χ1n) is 8.98. The Morgan fingerprint density at radius 2 is 2.12 bits per heavy atom. The average molecular weight is 358 g/mol. The number of nitrogens with one attached hydrogen (secondary N) is 2. The minimum absolute atomic E-state index is 0.229. The number of aromatic nitrogens is 3. The van der Waals surface area contributed by atoms with Crippen molar-refractivity contribution in [1.82, 2.24) is 25.4 Å². The third-order valence-corrected chi connectivity index (χ3v) is 4.29. The SMILES string of the molecule is CCNC(=NCc1cccc(OC)n1)NC(C)Cc1c(C)nn(C)c1C. The van der Waals surface area contributed by atoms with Gasteiger partial charge in [-0.3, -0.25) is 4.68 Å². The maximum absolute atomic E-state index is 5.17. The predicted octanol–water partition coefficient (Wildman–Crippen LogP) is 2.13. The molecule has 0 saturated carbocycles. The zero-order valence-electron chi connectivity index (χ0n) is 16.6. The number of guanidine groups is 1. The van der Waals surface area contributed by atoms with Crippen molar-refractivity contribution in [2.75, 3.05) is 13.7 Å². The largest absolute Gasteiger partial charge is 0.481 e. The number of aliphatic imine (C=N–C) groups is 1. The van der Waals surface area contributed by atoms with Crippen LogP contribution >= 0.6 is 0 Å². The lowest BCUT2D eigenvalue weighted by Crippen LogP contribution is -2.43. The zero-order valence-corrected chi connectivity index (χ0v) is 16.6. The van der Waals surface area contributed by atoms with Gasteiger partial charge in [-0.1, -0.05) is 6.07 Å². The van der Waals surface area contributed by atoms with Crippen molar-refractivity contribution in [1.29, 1.82) is 0 Å². The number of rotatable bonds is 7. The van der Waals surface area contributed by atoms with Crippen molar-refractivity contribution < 1.29 is 4.74 Å². The van der Waals surface area contributed by atoms with Crippen molar-refractivity contribution in [2.24, 2.45) is 12.0 Å². The Hall–Kier alpha value is -2.57. The fraction of sp³-hybridized carbons (Fsp3) is 0.526. The number of ether oxygens (including phenoxy) is 1. The molecule has 0 amide bonds. The highest BCUT2D eigenvalue weighted by atomic mass is 16.5. The molecule has 0 fully saturated rings. The molecule has 0 aliphatic carbocycles. The van der Waals surface area contributed by atoms with Crippen LogP contribution in [-0.4, -0.2) is 40.4 Å². The van der Waals surface area contributed by atoms with Crippen LogP contribution in [0.3, 0.4) is 0 Å². The van der Waals surface area contributed by atoms with E-state index < -0.39 is 0 Å². The highest BCUT2D eigenvalue weighted by molar-refractivity contribution is 5.80. The van der Waals surface area contributed by atoms with E-state index in [1.54, 1.807) is 7.11 Å². The third kappa shape index (κ3) is 5.21. The van der Waals surface area contributed by atoms with Crippen molar-refractivity contribution in [3.63, 3.8) is 0 Å². The van der Waals surface area contributed by atoms with Gasteiger partial charge in [0.15, 0.2) is 5.96 Å². The lowest BCUT2D eigenvalue weighted by atomic mass is 10.1. The van der Waals surface area contributed by atoms with Crippen LogP contribution in [0.2, 0.25) is 0 Å². The number of methoxy groups -OCH3 is 1. The molecule has 0 aromatic carbocycles. The van der Waals surface area contributed by atoms with E-state index in [-0.39, 0.29) is 6.04 Å². The van der Waals surface area contributed by atoms with Crippen molar-refractivity contribution in [2.45, 2.75) is 46.7 Å². The summed E-state index contributed by atoms with van der Waals surface area (Å²) in [5.74, 6) is 1.38. The molecule has 0 aliphatic heterocycles. The average Bonchev–Trinajstić information content (AvgIpc) is 2.86. The Bertz CT molecular complexity index is 752. The quantitative estimate of drug-likeness (QED) is 0.586. The Labute approximate surface area is 155 Å². The van der Waals surface area contributed by atoms with Crippen LogP contribution in [0.25, 0.3) is 0 Å². The predicted molar refractivity (Wildman–Crippen MR) is 105 cm³/mol. The molecule has 0 saturated heterocycles. The van der Waals surface area contributed by atoms with Crippen molar-refractivity contribution in [3.05, 3.63) is 40.8 Å². The maximum atomic E-state index is 5.17. The van der Waals surface area contributed by atoms with Crippen molar-refractivity contribution >= 4 is 5.96 Å². The second-order valence-corrected chi connectivity index (χ2v) is 6.39. The highest BCUT2D eigenvalue weighted by Crippen LogP contribution is 2.14. The van der Waals surface area contributed by atoms with Crippen LogP contribution in [0, 0.1) is 13.8 Å². The molecule has 0 spiro atoms. The van der Waals surface area contributed by atoms with E-state index in [1.165, 1.54) is 11.3 Å². The molecule has 1 unspecified atom stereocenters. The highest BCUT2D eigenvalue weighted by Gasteiger charge is 2.14. The van der Waals surface area contributed by atoms with Crippen LogP contribution in [0.15, 0.2) is 23.2 Å². The Morgan fingerprint density at radius 3 is 2.73 bits per heavy atom. The van der Waals surface area contributed by atoms with Crippen LogP contribution in [-0.2, 0) is 20.0 Å². The Morgan fingerprint density at radius 1 is 1.35 bits per heavy atom. The Kier molecular flexibility index (Phi) is 7.00. The van der Waals surface area contributed by atoms with E-state index in [9.17, 15) is 0 Å². The molecule has 26 heavy (non-hydrogen) atoms. The van der Waals surface area contributed by atoms with Gasteiger partial charge in [-0.2, -0.15) is 5.10 Å². The summed E-state index contributed by atoms with van der Waals surface area (Å²) in [4.78, 5) is 9.05. The first kappa shape index (κ1) is 19.8. The van der Waals surface area contributed by atoms with E-state index in [4.69, 9.17) is 4.74 Å². The molecule has 2 N–H and O–H groups in total. The molecule has 0 bridgehead atoms. The van der Waals surface area contributed by atoms with Gasteiger partial charge >= 0.3 is 0 Å². The fourth-order valence-electron chi connectivity index (χ4n) is 2.84. The first-order chi connectivity index (χ1) is 12.4. The van der Waals surface area contributed by atoms with Gasteiger partial charge in [-0.05, 0) is 45.7 Å². The zero-order chi connectivity index (χ0) is 19.1. The minimum atomic E-state index is 0.229. The molecule has 0 aliphatic rings. The molecule has 7 heteroatoms. The van der Waals surface area contributed by atoms with Crippen molar-refractivity contribution in [3.8, 4) is 5.88 Å². The smallest absolute Gasteiger partial charge is 0.213 e. The maximum Gasteiger partial charge on any atom is 0.213 e. The van der Waals surface area contributed by atoms with E-state index in [0.29, 0.717) is 12.4 Å².